The summed E-state index contributed by atoms with van der Waals surface area (Å²) in [4.78, 5) is 0. The van der Waals surface area contributed by atoms with Crippen LogP contribution in [0.5, 0.6) is 0 Å². The van der Waals surface area contributed by atoms with Crippen molar-refractivity contribution in [3.8, 4) is 0 Å². The Labute approximate surface area is 97.5 Å². The van der Waals surface area contributed by atoms with Gasteiger partial charge in [-0.25, -0.2) is 4.39 Å². The topological polar surface area (TPSA) is 12.0 Å². The lowest BCUT2D eigenvalue weighted by Gasteiger charge is -1.98. The molecule has 2 rings (SSSR count). The van der Waals surface area contributed by atoms with Gasteiger partial charge in [0.25, 0.3) is 0 Å². The van der Waals surface area contributed by atoms with Crippen molar-refractivity contribution in [1.29, 1.82) is 0 Å². The SMILES string of the molecule is Fc1cc(Br)ccc1C=CCNC1CC1. The van der Waals surface area contributed by atoms with Crippen molar-refractivity contribution >= 4 is 22.0 Å². The first-order valence-electron chi connectivity index (χ1n) is 5.10. The first-order chi connectivity index (χ1) is 7.25. The van der Waals surface area contributed by atoms with E-state index in [0.717, 1.165) is 11.0 Å². The molecule has 1 fully saturated rings. The van der Waals surface area contributed by atoms with Crippen LogP contribution < -0.4 is 5.32 Å². The molecule has 0 unspecified atom stereocenters. The Morgan fingerprint density at radius 2 is 2.27 bits per heavy atom. The van der Waals surface area contributed by atoms with Gasteiger partial charge in [-0.1, -0.05) is 34.1 Å². The zero-order chi connectivity index (χ0) is 10.7. The fourth-order valence-electron chi connectivity index (χ4n) is 1.34. The van der Waals surface area contributed by atoms with Gasteiger partial charge in [-0.2, -0.15) is 0 Å². The third-order valence-electron chi connectivity index (χ3n) is 2.36. The van der Waals surface area contributed by atoms with Gasteiger partial charge in [0.05, 0.1) is 0 Å². The van der Waals surface area contributed by atoms with E-state index in [1.54, 1.807) is 6.07 Å². The largest absolute Gasteiger partial charge is 0.311 e. The van der Waals surface area contributed by atoms with Crippen LogP contribution in [0.25, 0.3) is 6.08 Å². The lowest BCUT2D eigenvalue weighted by Crippen LogP contribution is -2.15. The second-order valence-electron chi connectivity index (χ2n) is 3.75. The maximum Gasteiger partial charge on any atom is 0.131 e. The average Bonchev–Trinajstić information content (AvgIpc) is 2.99. The molecule has 0 spiro atoms. The fourth-order valence-corrected chi connectivity index (χ4v) is 1.68. The third kappa shape index (κ3) is 3.43. The smallest absolute Gasteiger partial charge is 0.131 e. The summed E-state index contributed by atoms with van der Waals surface area (Å²) >= 11 is 3.23. The molecule has 0 heterocycles. The zero-order valence-electron chi connectivity index (χ0n) is 8.34. The molecule has 0 aromatic heterocycles. The molecule has 0 saturated heterocycles. The summed E-state index contributed by atoms with van der Waals surface area (Å²) in [5.74, 6) is -0.188. The molecule has 0 radical (unpaired) electrons. The van der Waals surface area contributed by atoms with Crippen molar-refractivity contribution in [2.75, 3.05) is 6.54 Å². The summed E-state index contributed by atoms with van der Waals surface area (Å²) in [7, 11) is 0. The van der Waals surface area contributed by atoms with Gasteiger partial charge in [-0.3, -0.25) is 0 Å². The maximum absolute atomic E-state index is 13.3. The van der Waals surface area contributed by atoms with Crippen LogP contribution in [-0.4, -0.2) is 12.6 Å². The summed E-state index contributed by atoms with van der Waals surface area (Å²) in [6.45, 7) is 0.820. The minimum Gasteiger partial charge on any atom is -0.311 e. The van der Waals surface area contributed by atoms with E-state index < -0.39 is 0 Å². The van der Waals surface area contributed by atoms with E-state index in [-0.39, 0.29) is 5.82 Å². The third-order valence-corrected chi connectivity index (χ3v) is 2.85. The lowest BCUT2D eigenvalue weighted by atomic mass is 10.2. The first kappa shape index (κ1) is 10.8. The molecule has 0 bridgehead atoms. The van der Waals surface area contributed by atoms with Gasteiger partial charge in [-0.05, 0) is 25.0 Å². The molecule has 1 aromatic carbocycles. The quantitative estimate of drug-likeness (QED) is 0.884. The summed E-state index contributed by atoms with van der Waals surface area (Å²) in [5, 5.41) is 3.34. The Kier molecular flexibility index (Phi) is 3.54. The van der Waals surface area contributed by atoms with Crippen LogP contribution in [0.4, 0.5) is 4.39 Å². The summed E-state index contributed by atoms with van der Waals surface area (Å²) < 4.78 is 14.1. The Balaban J connectivity index is 1.90. The molecule has 15 heavy (non-hydrogen) atoms. The molecule has 1 aromatic rings. The van der Waals surface area contributed by atoms with Gasteiger partial charge in [0.2, 0.25) is 0 Å². The molecule has 0 atom stereocenters. The van der Waals surface area contributed by atoms with Crippen molar-refractivity contribution < 1.29 is 4.39 Å². The van der Waals surface area contributed by atoms with Crippen LogP contribution in [0, 0.1) is 5.82 Å². The maximum atomic E-state index is 13.3. The van der Waals surface area contributed by atoms with Crippen molar-refractivity contribution in [2.24, 2.45) is 0 Å². The van der Waals surface area contributed by atoms with Crippen molar-refractivity contribution in [1.82, 2.24) is 5.32 Å². The summed E-state index contributed by atoms with van der Waals surface area (Å²) in [6, 6.07) is 5.79. The second kappa shape index (κ2) is 4.90. The standard InChI is InChI=1S/C12H13BrFN/c13-10-4-3-9(12(14)8-10)2-1-7-15-11-5-6-11/h1-4,8,11,15H,5-7H2. The molecule has 1 nitrogen and oxygen atoms in total. The zero-order valence-corrected chi connectivity index (χ0v) is 9.93. The van der Waals surface area contributed by atoms with Crippen LogP contribution in [0.2, 0.25) is 0 Å². The summed E-state index contributed by atoms with van der Waals surface area (Å²) in [6.07, 6.45) is 6.34. The predicted octanol–water partition coefficient (Wildman–Crippen LogP) is 3.35. The Bertz CT molecular complexity index is 372. The molecule has 80 valence electrons. The van der Waals surface area contributed by atoms with Gasteiger partial charge < -0.3 is 5.32 Å². The highest BCUT2D eigenvalue weighted by Gasteiger charge is 2.18. The van der Waals surface area contributed by atoms with E-state index in [2.05, 4.69) is 21.2 Å². The second-order valence-corrected chi connectivity index (χ2v) is 4.67. The fraction of sp³-hybridized carbons (Fsp3) is 0.333. The normalized spacial score (nSPS) is 16.1. The van der Waals surface area contributed by atoms with Gasteiger partial charge in [0.1, 0.15) is 5.82 Å². The molecule has 1 N–H and O–H groups in total. The highest BCUT2D eigenvalue weighted by Crippen LogP contribution is 2.18. The number of halogens is 2. The number of hydrogen-bond donors (Lipinski definition) is 1. The molecule has 3 heteroatoms. The van der Waals surface area contributed by atoms with Gasteiger partial charge in [0, 0.05) is 22.6 Å². The minimum absolute atomic E-state index is 0.188. The predicted molar refractivity (Wildman–Crippen MR) is 64.2 cm³/mol. The minimum atomic E-state index is -0.188. The van der Waals surface area contributed by atoms with Crippen molar-refractivity contribution in [3.63, 3.8) is 0 Å². The van der Waals surface area contributed by atoms with Crippen LogP contribution in [0.3, 0.4) is 0 Å². The molecular formula is C12H13BrFN. The highest BCUT2D eigenvalue weighted by molar-refractivity contribution is 9.10. The number of nitrogens with one attached hydrogen (secondary N) is 1. The molecular weight excluding hydrogens is 257 g/mol. The van der Waals surface area contributed by atoms with Crippen LogP contribution >= 0.6 is 15.9 Å². The Hall–Kier alpha value is -0.670. The Morgan fingerprint density at radius 3 is 2.93 bits per heavy atom. The lowest BCUT2D eigenvalue weighted by molar-refractivity contribution is 0.624. The Morgan fingerprint density at radius 1 is 1.47 bits per heavy atom. The van der Waals surface area contributed by atoms with Gasteiger partial charge >= 0.3 is 0 Å². The van der Waals surface area contributed by atoms with Crippen LogP contribution in [0.1, 0.15) is 18.4 Å². The van der Waals surface area contributed by atoms with E-state index in [4.69, 9.17) is 0 Å². The molecule has 1 aliphatic carbocycles. The summed E-state index contributed by atoms with van der Waals surface area (Å²) in [5.41, 5.74) is 0.635. The van der Waals surface area contributed by atoms with Gasteiger partial charge in [-0.15, -0.1) is 0 Å². The average molecular weight is 270 g/mol. The van der Waals surface area contributed by atoms with E-state index in [9.17, 15) is 4.39 Å². The van der Waals surface area contributed by atoms with E-state index in [0.29, 0.717) is 11.6 Å². The first-order valence-corrected chi connectivity index (χ1v) is 5.90. The van der Waals surface area contributed by atoms with Crippen LogP contribution in [-0.2, 0) is 0 Å². The van der Waals surface area contributed by atoms with E-state index in [1.807, 2.05) is 18.2 Å². The van der Waals surface area contributed by atoms with Crippen molar-refractivity contribution in [2.45, 2.75) is 18.9 Å². The van der Waals surface area contributed by atoms with Crippen LogP contribution in [0.15, 0.2) is 28.7 Å². The van der Waals surface area contributed by atoms with Gasteiger partial charge in [0.15, 0.2) is 0 Å². The molecule has 0 amide bonds. The highest BCUT2D eigenvalue weighted by atomic mass is 79.9. The number of hydrogen-bond acceptors (Lipinski definition) is 1. The van der Waals surface area contributed by atoms with E-state index in [1.165, 1.54) is 18.9 Å². The van der Waals surface area contributed by atoms with Crippen molar-refractivity contribution in [3.05, 3.63) is 40.1 Å². The molecule has 1 saturated carbocycles. The van der Waals surface area contributed by atoms with E-state index >= 15 is 0 Å². The number of benzene rings is 1. The number of rotatable bonds is 4. The monoisotopic (exact) mass is 269 g/mol. The molecule has 1 aliphatic rings. The molecule has 0 aliphatic heterocycles.